The molecule has 20 heavy (non-hydrogen) atoms. The highest BCUT2D eigenvalue weighted by Crippen LogP contribution is 2.23. The molecule has 2 aromatic rings. The summed E-state index contributed by atoms with van der Waals surface area (Å²) in [6, 6.07) is 18.1. The molecule has 1 fully saturated rings. The lowest BCUT2D eigenvalue weighted by Crippen LogP contribution is -2.40. The van der Waals surface area contributed by atoms with Gasteiger partial charge in [-0.05, 0) is 23.3 Å². The Labute approximate surface area is 118 Å². The molecule has 0 saturated carbocycles. The van der Waals surface area contributed by atoms with Crippen molar-refractivity contribution in [1.29, 1.82) is 0 Å². The van der Waals surface area contributed by atoms with Crippen molar-refractivity contribution in [2.45, 2.75) is 18.6 Å². The van der Waals surface area contributed by atoms with E-state index in [0.717, 1.165) is 11.3 Å². The molecule has 1 saturated heterocycles. The fourth-order valence-corrected chi connectivity index (χ4v) is 2.34. The van der Waals surface area contributed by atoms with Crippen molar-refractivity contribution in [3.05, 3.63) is 54.6 Å². The summed E-state index contributed by atoms with van der Waals surface area (Å²) in [4.78, 5) is 0. The lowest BCUT2D eigenvalue weighted by Gasteiger charge is -2.28. The van der Waals surface area contributed by atoms with E-state index in [0.29, 0.717) is 19.6 Å². The lowest BCUT2D eigenvalue weighted by molar-refractivity contribution is -0.0735. The van der Waals surface area contributed by atoms with Gasteiger partial charge in [-0.2, -0.15) is 0 Å². The maximum absolute atomic E-state index is 9.86. The number of hydrogen-bond acceptors (Lipinski definition) is 3. The van der Waals surface area contributed by atoms with Crippen molar-refractivity contribution in [3.63, 3.8) is 0 Å². The quantitative estimate of drug-likeness (QED) is 0.932. The molecule has 1 N–H and O–H groups in total. The molecule has 1 heterocycles. The third kappa shape index (κ3) is 3.00. The zero-order chi connectivity index (χ0) is 13.8. The van der Waals surface area contributed by atoms with Gasteiger partial charge in [0, 0.05) is 13.0 Å². The first-order chi connectivity index (χ1) is 9.83. The third-order valence-corrected chi connectivity index (χ3v) is 3.52. The summed E-state index contributed by atoms with van der Waals surface area (Å²) in [7, 11) is 0. The maximum atomic E-state index is 9.86. The average molecular weight is 270 g/mol. The molecule has 3 heteroatoms. The molecule has 0 bridgehead atoms. The lowest BCUT2D eigenvalue weighted by atomic mass is 10.1. The zero-order valence-corrected chi connectivity index (χ0v) is 11.2. The van der Waals surface area contributed by atoms with Crippen LogP contribution in [0.2, 0.25) is 0 Å². The standard InChI is InChI=1S/C17H18O3/c18-16-10-11-19-12-17(16)20-15-8-6-14(7-9-15)13-4-2-1-3-5-13/h1-9,16-18H,10-12H2. The van der Waals surface area contributed by atoms with Gasteiger partial charge in [-0.3, -0.25) is 0 Å². The van der Waals surface area contributed by atoms with E-state index < -0.39 is 6.10 Å². The van der Waals surface area contributed by atoms with Crippen molar-refractivity contribution in [3.8, 4) is 16.9 Å². The van der Waals surface area contributed by atoms with Crippen molar-refractivity contribution >= 4 is 0 Å². The summed E-state index contributed by atoms with van der Waals surface area (Å²) in [6.45, 7) is 1.05. The Morgan fingerprint density at radius 3 is 2.35 bits per heavy atom. The first-order valence-corrected chi connectivity index (χ1v) is 6.91. The second-order valence-electron chi connectivity index (χ2n) is 4.98. The largest absolute Gasteiger partial charge is 0.485 e. The van der Waals surface area contributed by atoms with Crippen molar-refractivity contribution in [2.24, 2.45) is 0 Å². The molecular formula is C17H18O3. The molecule has 104 valence electrons. The van der Waals surface area contributed by atoms with E-state index in [1.165, 1.54) is 5.56 Å². The Bertz CT molecular complexity index is 536. The number of hydrogen-bond donors (Lipinski definition) is 1. The predicted octanol–water partition coefficient (Wildman–Crippen LogP) is 2.88. The van der Waals surface area contributed by atoms with Gasteiger partial charge in [0.1, 0.15) is 11.9 Å². The van der Waals surface area contributed by atoms with Crippen LogP contribution in [0.3, 0.4) is 0 Å². The van der Waals surface area contributed by atoms with Gasteiger partial charge in [-0.1, -0.05) is 42.5 Å². The van der Waals surface area contributed by atoms with Crippen molar-refractivity contribution in [2.75, 3.05) is 13.2 Å². The van der Waals surface area contributed by atoms with E-state index in [2.05, 4.69) is 12.1 Å². The number of aliphatic hydroxyl groups is 1. The van der Waals surface area contributed by atoms with Crippen LogP contribution in [0.15, 0.2) is 54.6 Å². The van der Waals surface area contributed by atoms with Gasteiger partial charge in [-0.15, -0.1) is 0 Å². The fourth-order valence-electron chi connectivity index (χ4n) is 2.34. The highest BCUT2D eigenvalue weighted by atomic mass is 16.5. The van der Waals surface area contributed by atoms with Gasteiger partial charge in [-0.25, -0.2) is 0 Å². The van der Waals surface area contributed by atoms with Crippen LogP contribution in [0.1, 0.15) is 6.42 Å². The highest BCUT2D eigenvalue weighted by molar-refractivity contribution is 5.63. The first kappa shape index (κ1) is 13.2. The molecule has 0 aromatic heterocycles. The molecule has 2 aromatic carbocycles. The van der Waals surface area contributed by atoms with Crippen molar-refractivity contribution < 1.29 is 14.6 Å². The first-order valence-electron chi connectivity index (χ1n) is 6.91. The SMILES string of the molecule is OC1CCOCC1Oc1ccc(-c2ccccc2)cc1. The third-order valence-electron chi connectivity index (χ3n) is 3.52. The smallest absolute Gasteiger partial charge is 0.148 e. The topological polar surface area (TPSA) is 38.7 Å². The molecule has 0 amide bonds. The molecule has 1 aliphatic heterocycles. The van der Waals surface area contributed by atoms with Crippen LogP contribution in [-0.2, 0) is 4.74 Å². The van der Waals surface area contributed by atoms with Gasteiger partial charge >= 0.3 is 0 Å². The van der Waals surface area contributed by atoms with Crippen LogP contribution in [0.25, 0.3) is 11.1 Å². The minimum Gasteiger partial charge on any atom is -0.485 e. The van der Waals surface area contributed by atoms with Crippen LogP contribution in [0.5, 0.6) is 5.75 Å². The summed E-state index contributed by atoms with van der Waals surface area (Å²) < 4.78 is 11.1. The van der Waals surface area contributed by atoms with E-state index in [1.807, 2.05) is 42.5 Å². The van der Waals surface area contributed by atoms with Crippen LogP contribution in [0.4, 0.5) is 0 Å². The number of aliphatic hydroxyl groups excluding tert-OH is 1. The second-order valence-corrected chi connectivity index (χ2v) is 4.98. The van der Waals surface area contributed by atoms with Crippen molar-refractivity contribution in [1.82, 2.24) is 0 Å². The average Bonchev–Trinajstić information content (AvgIpc) is 2.51. The van der Waals surface area contributed by atoms with Crippen LogP contribution in [0, 0.1) is 0 Å². The molecule has 0 spiro atoms. The second kappa shape index (κ2) is 6.07. The van der Waals surface area contributed by atoms with E-state index in [9.17, 15) is 5.11 Å². The number of ether oxygens (including phenoxy) is 2. The molecule has 2 atom stereocenters. The monoisotopic (exact) mass is 270 g/mol. The molecular weight excluding hydrogens is 252 g/mol. The number of benzene rings is 2. The van der Waals surface area contributed by atoms with Crippen LogP contribution in [-0.4, -0.2) is 30.5 Å². The van der Waals surface area contributed by atoms with E-state index in [-0.39, 0.29) is 6.10 Å². The Hall–Kier alpha value is -1.84. The molecule has 1 aliphatic rings. The number of rotatable bonds is 3. The maximum Gasteiger partial charge on any atom is 0.148 e. The fraction of sp³-hybridized carbons (Fsp3) is 0.294. The highest BCUT2D eigenvalue weighted by Gasteiger charge is 2.25. The molecule has 3 rings (SSSR count). The Balaban J connectivity index is 1.70. The Kier molecular flexibility index (Phi) is 4.00. The molecule has 3 nitrogen and oxygen atoms in total. The van der Waals surface area contributed by atoms with Gasteiger partial charge in [0.15, 0.2) is 0 Å². The molecule has 0 aliphatic carbocycles. The Morgan fingerprint density at radius 1 is 0.950 bits per heavy atom. The molecule has 2 unspecified atom stereocenters. The van der Waals surface area contributed by atoms with Gasteiger partial charge in [0.25, 0.3) is 0 Å². The van der Waals surface area contributed by atoms with Gasteiger partial charge < -0.3 is 14.6 Å². The summed E-state index contributed by atoms with van der Waals surface area (Å²) in [5, 5.41) is 9.86. The van der Waals surface area contributed by atoms with Gasteiger partial charge in [0.2, 0.25) is 0 Å². The molecule has 0 radical (unpaired) electrons. The van der Waals surface area contributed by atoms with E-state index in [1.54, 1.807) is 0 Å². The summed E-state index contributed by atoms with van der Waals surface area (Å²) in [5.74, 6) is 0.763. The predicted molar refractivity (Wildman–Crippen MR) is 77.7 cm³/mol. The van der Waals surface area contributed by atoms with Gasteiger partial charge in [0.05, 0.1) is 12.7 Å². The summed E-state index contributed by atoms with van der Waals surface area (Å²) in [5.41, 5.74) is 2.33. The Morgan fingerprint density at radius 2 is 1.65 bits per heavy atom. The van der Waals surface area contributed by atoms with Crippen LogP contribution >= 0.6 is 0 Å². The van der Waals surface area contributed by atoms with Crippen LogP contribution < -0.4 is 4.74 Å². The van der Waals surface area contributed by atoms with E-state index >= 15 is 0 Å². The summed E-state index contributed by atoms with van der Waals surface area (Å²) >= 11 is 0. The zero-order valence-electron chi connectivity index (χ0n) is 11.2. The van der Waals surface area contributed by atoms with E-state index in [4.69, 9.17) is 9.47 Å². The normalized spacial score (nSPS) is 22.4. The minimum atomic E-state index is -0.447. The minimum absolute atomic E-state index is 0.272. The summed E-state index contributed by atoms with van der Waals surface area (Å²) in [6.07, 6.45) is -0.0869.